The van der Waals surface area contributed by atoms with Crippen LogP contribution in [0.15, 0.2) is 35.6 Å². The summed E-state index contributed by atoms with van der Waals surface area (Å²) in [5, 5.41) is 0. The largest absolute Gasteiger partial charge is 0.399 e. The maximum absolute atomic E-state index is 5.66. The molecule has 0 aliphatic rings. The maximum Gasteiger partial charge on any atom is 0.0342 e. The molecular formula is C9H15N. The molecule has 0 spiro atoms. The fourth-order valence-electron chi connectivity index (χ4n) is 0.543. The fourth-order valence-corrected chi connectivity index (χ4v) is 0.543. The van der Waals surface area contributed by atoms with Crippen molar-refractivity contribution in [3.05, 3.63) is 35.6 Å². The van der Waals surface area contributed by atoms with E-state index in [1.165, 1.54) is 5.57 Å². The number of hydrogen-bond donors (Lipinski definition) is 1. The normalized spacial score (nSPS) is 11.9. The number of nitrogens with two attached hydrogens (primary N) is 1. The molecule has 0 amide bonds. The monoisotopic (exact) mass is 137 g/mol. The Morgan fingerprint density at radius 3 is 2.10 bits per heavy atom. The molecule has 0 aromatic heterocycles. The molecule has 0 saturated heterocycles. The van der Waals surface area contributed by atoms with Crippen LogP contribution in [0.2, 0.25) is 0 Å². The van der Waals surface area contributed by atoms with Crippen LogP contribution < -0.4 is 5.73 Å². The Balaban J connectivity index is 4.48. The average Bonchev–Trinajstić information content (AvgIpc) is 1.85. The van der Waals surface area contributed by atoms with Gasteiger partial charge in [0.05, 0.1) is 0 Å². The molecule has 0 heterocycles. The Labute approximate surface area is 62.9 Å². The van der Waals surface area contributed by atoms with E-state index in [9.17, 15) is 0 Å². The van der Waals surface area contributed by atoms with Gasteiger partial charge in [0.1, 0.15) is 0 Å². The lowest BCUT2D eigenvalue weighted by Gasteiger charge is -1.97. The zero-order chi connectivity index (χ0) is 8.15. The minimum absolute atomic E-state index is 0.801. The molecular weight excluding hydrogens is 122 g/mol. The summed E-state index contributed by atoms with van der Waals surface area (Å²) in [5.41, 5.74) is 8.70. The molecule has 0 rings (SSSR count). The topological polar surface area (TPSA) is 26.0 Å². The summed E-state index contributed by atoms with van der Waals surface area (Å²) in [5.74, 6) is 0. The Bertz CT molecular complexity index is 181. The minimum Gasteiger partial charge on any atom is -0.399 e. The summed E-state index contributed by atoms with van der Waals surface area (Å²) >= 11 is 0. The van der Waals surface area contributed by atoms with Gasteiger partial charge in [-0.25, -0.2) is 0 Å². The molecule has 0 aliphatic heterocycles. The van der Waals surface area contributed by atoms with E-state index < -0.39 is 0 Å². The molecule has 0 radical (unpaired) electrons. The molecule has 0 fully saturated rings. The van der Waals surface area contributed by atoms with Crippen molar-refractivity contribution in [2.75, 3.05) is 0 Å². The van der Waals surface area contributed by atoms with Gasteiger partial charge in [-0.15, -0.1) is 0 Å². The van der Waals surface area contributed by atoms with E-state index in [1.54, 1.807) is 6.08 Å². The van der Waals surface area contributed by atoms with E-state index in [-0.39, 0.29) is 0 Å². The lowest BCUT2D eigenvalue weighted by atomic mass is 10.2. The van der Waals surface area contributed by atoms with Gasteiger partial charge in [-0.3, -0.25) is 0 Å². The molecule has 0 bridgehead atoms. The van der Waals surface area contributed by atoms with Crippen LogP contribution >= 0.6 is 0 Å². The lowest BCUT2D eigenvalue weighted by Crippen LogP contribution is -1.96. The van der Waals surface area contributed by atoms with E-state index >= 15 is 0 Å². The van der Waals surface area contributed by atoms with E-state index in [0.29, 0.717) is 0 Å². The molecule has 0 aliphatic carbocycles. The molecule has 10 heavy (non-hydrogen) atoms. The van der Waals surface area contributed by atoms with Gasteiger partial charge in [0, 0.05) is 5.70 Å². The highest BCUT2D eigenvalue weighted by molar-refractivity contribution is 5.29. The van der Waals surface area contributed by atoms with Gasteiger partial charge in [0.25, 0.3) is 0 Å². The molecule has 56 valence electrons. The predicted octanol–water partition coefficient (Wildman–Crippen LogP) is 2.37. The third kappa shape index (κ3) is 3.13. The van der Waals surface area contributed by atoms with Crippen molar-refractivity contribution in [2.45, 2.75) is 20.8 Å². The zero-order valence-electron chi connectivity index (χ0n) is 6.94. The smallest absolute Gasteiger partial charge is 0.0342 e. The van der Waals surface area contributed by atoms with Crippen LogP contribution in [0.3, 0.4) is 0 Å². The maximum atomic E-state index is 5.66. The Hall–Kier alpha value is -0.980. The summed E-state index contributed by atoms with van der Waals surface area (Å²) < 4.78 is 0. The van der Waals surface area contributed by atoms with Crippen molar-refractivity contribution >= 4 is 0 Å². The van der Waals surface area contributed by atoms with Gasteiger partial charge in [0.15, 0.2) is 0 Å². The SMILES string of the molecule is C=C/C(C)=C(/N)C=C(C)C. The second kappa shape index (κ2) is 3.94. The van der Waals surface area contributed by atoms with Gasteiger partial charge < -0.3 is 5.73 Å². The highest BCUT2D eigenvalue weighted by Gasteiger charge is 1.87. The van der Waals surface area contributed by atoms with Crippen LogP contribution in [0, 0.1) is 0 Å². The summed E-state index contributed by atoms with van der Waals surface area (Å²) in [6.45, 7) is 9.60. The van der Waals surface area contributed by atoms with Crippen LogP contribution in [-0.2, 0) is 0 Å². The van der Waals surface area contributed by atoms with Crippen molar-refractivity contribution < 1.29 is 0 Å². The van der Waals surface area contributed by atoms with Crippen LogP contribution in [0.25, 0.3) is 0 Å². The molecule has 2 N–H and O–H groups in total. The molecule has 0 unspecified atom stereocenters. The van der Waals surface area contributed by atoms with Crippen LogP contribution in [0.5, 0.6) is 0 Å². The van der Waals surface area contributed by atoms with Crippen molar-refractivity contribution in [1.29, 1.82) is 0 Å². The van der Waals surface area contributed by atoms with Gasteiger partial charge in [0.2, 0.25) is 0 Å². The van der Waals surface area contributed by atoms with Gasteiger partial charge >= 0.3 is 0 Å². The van der Waals surface area contributed by atoms with Gasteiger partial charge in [-0.2, -0.15) is 0 Å². The van der Waals surface area contributed by atoms with Crippen molar-refractivity contribution in [1.82, 2.24) is 0 Å². The quantitative estimate of drug-likeness (QED) is 0.581. The molecule has 0 aromatic rings. The van der Waals surface area contributed by atoms with Crippen molar-refractivity contribution in [2.24, 2.45) is 5.73 Å². The van der Waals surface area contributed by atoms with Gasteiger partial charge in [-0.05, 0) is 32.4 Å². The summed E-state index contributed by atoms with van der Waals surface area (Å²) in [4.78, 5) is 0. The predicted molar refractivity (Wildman–Crippen MR) is 46.5 cm³/mol. The first-order chi connectivity index (χ1) is 4.57. The average molecular weight is 137 g/mol. The number of allylic oxidation sites excluding steroid dienone is 4. The summed E-state index contributed by atoms with van der Waals surface area (Å²) in [6, 6.07) is 0. The molecule has 0 aromatic carbocycles. The fraction of sp³-hybridized carbons (Fsp3) is 0.333. The summed E-state index contributed by atoms with van der Waals surface area (Å²) in [6.07, 6.45) is 3.70. The van der Waals surface area contributed by atoms with Crippen LogP contribution in [-0.4, -0.2) is 0 Å². The summed E-state index contributed by atoms with van der Waals surface area (Å²) in [7, 11) is 0. The van der Waals surface area contributed by atoms with Crippen molar-refractivity contribution in [3.63, 3.8) is 0 Å². The van der Waals surface area contributed by atoms with E-state index in [0.717, 1.165) is 11.3 Å². The molecule has 1 nitrogen and oxygen atoms in total. The Kier molecular flexibility index (Phi) is 3.55. The first-order valence-corrected chi connectivity index (χ1v) is 3.31. The molecule has 0 saturated carbocycles. The molecule has 0 atom stereocenters. The highest BCUT2D eigenvalue weighted by atomic mass is 14.6. The standard InChI is InChI=1S/C9H15N/c1-5-8(4)9(10)6-7(2)3/h5-6H,1,10H2,2-4H3/b9-8+. The van der Waals surface area contributed by atoms with E-state index in [2.05, 4.69) is 6.58 Å². The third-order valence-corrected chi connectivity index (χ3v) is 1.21. The molecule has 1 heteroatoms. The van der Waals surface area contributed by atoms with Crippen molar-refractivity contribution in [3.8, 4) is 0 Å². The number of rotatable bonds is 2. The van der Waals surface area contributed by atoms with E-state index in [1.807, 2.05) is 26.8 Å². The number of hydrogen-bond acceptors (Lipinski definition) is 1. The van der Waals surface area contributed by atoms with E-state index in [4.69, 9.17) is 5.73 Å². The van der Waals surface area contributed by atoms with Crippen LogP contribution in [0.4, 0.5) is 0 Å². The minimum atomic E-state index is 0.801. The second-order valence-electron chi connectivity index (χ2n) is 2.56. The Morgan fingerprint density at radius 1 is 1.30 bits per heavy atom. The zero-order valence-corrected chi connectivity index (χ0v) is 6.94. The third-order valence-electron chi connectivity index (χ3n) is 1.21. The highest BCUT2D eigenvalue weighted by Crippen LogP contribution is 2.02. The Morgan fingerprint density at radius 2 is 1.80 bits per heavy atom. The van der Waals surface area contributed by atoms with Gasteiger partial charge in [-0.1, -0.05) is 18.2 Å². The van der Waals surface area contributed by atoms with Crippen LogP contribution in [0.1, 0.15) is 20.8 Å². The first-order valence-electron chi connectivity index (χ1n) is 3.31. The lowest BCUT2D eigenvalue weighted by molar-refractivity contribution is 1.27. The first kappa shape index (κ1) is 9.02. The second-order valence-corrected chi connectivity index (χ2v) is 2.56.